The van der Waals surface area contributed by atoms with Crippen molar-refractivity contribution < 1.29 is 4.43 Å². The maximum atomic E-state index is 6.72. The molecule has 0 heterocycles. The summed E-state index contributed by atoms with van der Waals surface area (Å²) in [7, 11) is -1.79. The highest BCUT2D eigenvalue weighted by Gasteiger charge is 2.42. The Kier molecular flexibility index (Phi) is 5.32. The van der Waals surface area contributed by atoms with Crippen molar-refractivity contribution in [1.29, 1.82) is 0 Å². The van der Waals surface area contributed by atoms with Gasteiger partial charge < -0.3 is 4.43 Å². The van der Waals surface area contributed by atoms with Gasteiger partial charge in [-0.05, 0) is 41.2 Å². The number of rotatable bonds is 3. The first-order valence-electron chi connectivity index (χ1n) is 7.28. The van der Waals surface area contributed by atoms with E-state index in [2.05, 4.69) is 94.8 Å². The van der Waals surface area contributed by atoms with Crippen molar-refractivity contribution in [3.63, 3.8) is 0 Å². The molecule has 0 fully saturated rings. The fourth-order valence-electron chi connectivity index (χ4n) is 1.85. The summed E-state index contributed by atoms with van der Waals surface area (Å²) in [5, 5.41) is 0.228. The van der Waals surface area contributed by atoms with Crippen molar-refractivity contribution in [2.75, 3.05) is 0 Å². The van der Waals surface area contributed by atoms with Crippen molar-refractivity contribution in [1.82, 2.24) is 0 Å². The predicted octanol–water partition coefficient (Wildman–Crippen LogP) is 6.56. The molecule has 0 spiro atoms. The third kappa shape index (κ3) is 4.44. The molecular formula is C17H29BrOSi. The van der Waals surface area contributed by atoms with Gasteiger partial charge in [-0.1, -0.05) is 69.6 Å². The number of benzene rings is 1. The highest BCUT2D eigenvalue weighted by Crippen LogP contribution is 2.45. The SMILES string of the molecule is CC(C)(C)C(O[Si](C)(C)C(C)(C)C)c1ccc(Br)cc1. The molecule has 1 rings (SSSR count). The van der Waals surface area contributed by atoms with Gasteiger partial charge in [-0.3, -0.25) is 0 Å². The average Bonchev–Trinajstić information content (AvgIpc) is 2.24. The van der Waals surface area contributed by atoms with Crippen LogP contribution in [-0.4, -0.2) is 8.32 Å². The van der Waals surface area contributed by atoms with Crippen molar-refractivity contribution in [3.05, 3.63) is 34.3 Å². The summed E-state index contributed by atoms with van der Waals surface area (Å²) >= 11 is 3.51. The number of hydrogen-bond donors (Lipinski definition) is 0. The van der Waals surface area contributed by atoms with E-state index in [-0.39, 0.29) is 16.6 Å². The van der Waals surface area contributed by atoms with Gasteiger partial charge in [0.05, 0.1) is 6.10 Å². The predicted molar refractivity (Wildman–Crippen MR) is 94.6 cm³/mol. The molecule has 0 aliphatic rings. The zero-order valence-electron chi connectivity index (χ0n) is 14.2. The highest BCUT2D eigenvalue weighted by atomic mass is 79.9. The minimum absolute atomic E-state index is 0.0867. The second-order valence-corrected chi connectivity index (χ2v) is 13.8. The van der Waals surface area contributed by atoms with Crippen LogP contribution in [0.4, 0.5) is 0 Å². The molecule has 0 radical (unpaired) electrons. The summed E-state index contributed by atoms with van der Waals surface area (Å²) in [5.41, 5.74) is 1.36. The molecule has 0 saturated heterocycles. The van der Waals surface area contributed by atoms with E-state index in [1.54, 1.807) is 0 Å². The minimum Gasteiger partial charge on any atom is -0.409 e. The van der Waals surface area contributed by atoms with Gasteiger partial charge in [0.15, 0.2) is 8.32 Å². The minimum atomic E-state index is -1.79. The molecule has 1 nitrogen and oxygen atoms in total. The Labute approximate surface area is 134 Å². The summed E-state index contributed by atoms with van der Waals surface area (Å²) in [6.07, 6.45) is 0.136. The number of hydrogen-bond acceptors (Lipinski definition) is 1. The van der Waals surface area contributed by atoms with Crippen LogP contribution in [0.15, 0.2) is 28.7 Å². The van der Waals surface area contributed by atoms with Gasteiger partial charge in [0, 0.05) is 4.47 Å². The van der Waals surface area contributed by atoms with Crippen LogP contribution in [0, 0.1) is 5.41 Å². The van der Waals surface area contributed by atoms with Crippen LogP contribution in [0.3, 0.4) is 0 Å². The molecule has 0 aliphatic carbocycles. The molecule has 0 aliphatic heterocycles. The van der Waals surface area contributed by atoms with Crippen LogP contribution < -0.4 is 0 Å². The normalized spacial score (nSPS) is 15.2. The Hall–Kier alpha value is -0.123. The maximum Gasteiger partial charge on any atom is 0.192 e. The van der Waals surface area contributed by atoms with E-state index in [9.17, 15) is 0 Å². The molecule has 0 N–H and O–H groups in total. The summed E-state index contributed by atoms with van der Waals surface area (Å²) < 4.78 is 7.83. The molecular weight excluding hydrogens is 328 g/mol. The Morgan fingerprint density at radius 3 is 1.75 bits per heavy atom. The summed E-state index contributed by atoms with van der Waals surface area (Å²) in [4.78, 5) is 0. The zero-order chi connectivity index (χ0) is 15.8. The smallest absolute Gasteiger partial charge is 0.192 e. The molecule has 0 saturated carbocycles. The van der Waals surface area contributed by atoms with Gasteiger partial charge in [0.2, 0.25) is 0 Å². The van der Waals surface area contributed by atoms with E-state index in [4.69, 9.17) is 4.43 Å². The molecule has 1 aromatic carbocycles. The summed E-state index contributed by atoms with van der Waals surface area (Å²) in [6.45, 7) is 18.3. The summed E-state index contributed by atoms with van der Waals surface area (Å²) in [5.74, 6) is 0. The topological polar surface area (TPSA) is 9.23 Å². The molecule has 1 aromatic rings. The first kappa shape index (κ1) is 17.9. The molecule has 1 atom stereocenters. The van der Waals surface area contributed by atoms with E-state index in [1.165, 1.54) is 5.56 Å². The Morgan fingerprint density at radius 1 is 0.950 bits per heavy atom. The molecule has 20 heavy (non-hydrogen) atoms. The molecule has 0 bridgehead atoms. The van der Waals surface area contributed by atoms with E-state index in [0.29, 0.717) is 0 Å². The molecule has 1 unspecified atom stereocenters. The zero-order valence-corrected chi connectivity index (χ0v) is 16.8. The standard InChI is InChI=1S/C17H29BrOSi/c1-16(2,3)15(13-9-11-14(18)12-10-13)19-20(7,8)17(4,5)6/h9-12,15H,1-8H3. The third-order valence-electron chi connectivity index (χ3n) is 4.18. The first-order chi connectivity index (χ1) is 8.84. The second-order valence-electron chi connectivity index (χ2n) is 8.18. The van der Waals surface area contributed by atoms with E-state index >= 15 is 0 Å². The van der Waals surface area contributed by atoms with Crippen molar-refractivity contribution in [3.8, 4) is 0 Å². The van der Waals surface area contributed by atoms with Crippen LogP contribution in [0.2, 0.25) is 18.1 Å². The van der Waals surface area contributed by atoms with Crippen molar-refractivity contribution >= 4 is 24.2 Å². The lowest BCUT2D eigenvalue weighted by atomic mass is 9.85. The fourth-order valence-corrected chi connectivity index (χ4v) is 3.55. The Balaban J connectivity index is 3.13. The lowest BCUT2D eigenvalue weighted by Gasteiger charge is -2.43. The summed E-state index contributed by atoms with van der Waals surface area (Å²) in [6, 6.07) is 8.55. The number of halogens is 1. The Bertz CT molecular complexity index is 438. The molecule has 0 amide bonds. The lowest BCUT2D eigenvalue weighted by molar-refractivity contribution is 0.0726. The largest absolute Gasteiger partial charge is 0.409 e. The average molecular weight is 357 g/mol. The van der Waals surface area contributed by atoms with Gasteiger partial charge >= 0.3 is 0 Å². The first-order valence-corrected chi connectivity index (χ1v) is 11.0. The van der Waals surface area contributed by atoms with Crippen LogP contribution in [0.1, 0.15) is 53.2 Å². The monoisotopic (exact) mass is 356 g/mol. The van der Waals surface area contributed by atoms with Gasteiger partial charge in [-0.15, -0.1) is 0 Å². The van der Waals surface area contributed by atoms with Crippen LogP contribution in [0.25, 0.3) is 0 Å². The second kappa shape index (κ2) is 5.94. The van der Waals surface area contributed by atoms with Crippen LogP contribution in [0.5, 0.6) is 0 Å². The van der Waals surface area contributed by atoms with Crippen LogP contribution >= 0.6 is 15.9 Å². The maximum absolute atomic E-state index is 6.72. The highest BCUT2D eigenvalue weighted by molar-refractivity contribution is 9.10. The van der Waals surface area contributed by atoms with Crippen LogP contribution in [-0.2, 0) is 4.43 Å². The van der Waals surface area contributed by atoms with Gasteiger partial charge in [-0.2, -0.15) is 0 Å². The molecule has 3 heteroatoms. The molecule has 114 valence electrons. The van der Waals surface area contributed by atoms with E-state index in [0.717, 1.165) is 4.47 Å². The van der Waals surface area contributed by atoms with Gasteiger partial charge in [0.1, 0.15) is 0 Å². The quantitative estimate of drug-likeness (QED) is 0.557. The van der Waals surface area contributed by atoms with E-state index < -0.39 is 8.32 Å². The van der Waals surface area contributed by atoms with Gasteiger partial charge in [-0.25, -0.2) is 0 Å². The fraction of sp³-hybridized carbons (Fsp3) is 0.647. The lowest BCUT2D eigenvalue weighted by Crippen LogP contribution is -2.44. The third-order valence-corrected chi connectivity index (χ3v) is 9.14. The molecule has 0 aromatic heterocycles. The van der Waals surface area contributed by atoms with Crippen molar-refractivity contribution in [2.45, 2.75) is 65.8 Å². The van der Waals surface area contributed by atoms with E-state index in [1.807, 2.05) is 0 Å². The van der Waals surface area contributed by atoms with Crippen molar-refractivity contribution in [2.24, 2.45) is 5.41 Å². The van der Waals surface area contributed by atoms with Gasteiger partial charge in [0.25, 0.3) is 0 Å². The Morgan fingerprint density at radius 2 is 1.40 bits per heavy atom.